The predicted molar refractivity (Wildman–Crippen MR) is 123 cm³/mol. The highest BCUT2D eigenvalue weighted by molar-refractivity contribution is 6.51. The molecule has 0 saturated carbocycles. The van der Waals surface area contributed by atoms with Crippen LogP contribution in [-0.2, 0) is 9.59 Å². The normalized spacial score (nSPS) is 17.6. The summed E-state index contributed by atoms with van der Waals surface area (Å²) in [6.07, 6.45) is 1.58. The molecule has 1 aromatic heterocycles. The molecule has 6 nitrogen and oxygen atoms in total. The number of anilines is 1. The van der Waals surface area contributed by atoms with Crippen molar-refractivity contribution in [2.24, 2.45) is 0 Å². The lowest BCUT2D eigenvalue weighted by Crippen LogP contribution is -2.30. The molecular weight excluding hydrogens is 428 g/mol. The number of aliphatic hydroxyl groups excluding tert-OH is 1. The van der Waals surface area contributed by atoms with E-state index in [1.54, 1.807) is 42.6 Å². The van der Waals surface area contributed by atoms with E-state index >= 15 is 0 Å². The fourth-order valence-electron chi connectivity index (χ4n) is 3.98. The molecular formula is C25H21ClN2O4. The van der Waals surface area contributed by atoms with Crippen LogP contribution < -0.4 is 9.64 Å². The minimum Gasteiger partial charge on any atom is -0.507 e. The number of aromatic nitrogens is 1. The van der Waals surface area contributed by atoms with Gasteiger partial charge in [0.2, 0.25) is 0 Å². The van der Waals surface area contributed by atoms with Crippen molar-refractivity contribution in [3.8, 4) is 5.75 Å². The molecule has 0 radical (unpaired) electrons. The molecule has 0 aliphatic carbocycles. The summed E-state index contributed by atoms with van der Waals surface area (Å²) in [6.45, 7) is 3.82. The van der Waals surface area contributed by atoms with Crippen LogP contribution in [0.15, 0.2) is 66.4 Å². The number of hydrogen-bond donors (Lipinski definition) is 1. The molecule has 1 aliphatic rings. The Labute approximate surface area is 190 Å². The van der Waals surface area contributed by atoms with Gasteiger partial charge in [0.05, 0.1) is 23.9 Å². The molecule has 1 unspecified atom stereocenters. The van der Waals surface area contributed by atoms with E-state index in [-0.39, 0.29) is 16.9 Å². The Morgan fingerprint density at radius 2 is 1.88 bits per heavy atom. The number of aryl methyl sites for hydroxylation is 2. The van der Waals surface area contributed by atoms with Gasteiger partial charge in [-0.1, -0.05) is 35.4 Å². The summed E-state index contributed by atoms with van der Waals surface area (Å²) < 4.78 is 5.35. The van der Waals surface area contributed by atoms with Gasteiger partial charge in [-0.15, -0.1) is 0 Å². The van der Waals surface area contributed by atoms with Gasteiger partial charge in [0, 0.05) is 16.9 Å². The highest BCUT2D eigenvalue weighted by Gasteiger charge is 2.48. The van der Waals surface area contributed by atoms with E-state index in [0.29, 0.717) is 22.2 Å². The molecule has 2 aromatic carbocycles. The van der Waals surface area contributed by atoms with Crippen LogP contribution in [0, 0.1) is 13.8 Å². The van der Waals surface area contributed by atoms with Crippen LogP contribution >= 0.6 is 11.6 Å². The van der Waals surface area contributed by atoms with Gasteiger partial charge in [-0.25, -0.2) is 0 Å². The number of nitrogens with zero attached hydrogens (tertiary/aromatic N) is 2. The number of Topliss-reactive ketones (excluding diaryl/α,β-unsaturated/α-hetero) is 1. The van der Waals surface area contributed by atoms with Crippen molar-refractivity contribution in [1.82, 2.24) is 4.98 Å². The summed E-state index contributed by atoms with van der Waals surface area (Å²) in [4.78, 5) is 32.3. The van der Waals surface area contributed by atoms with Gasteiger partial charge in [0.1, 0.15) is 17.6 Å². The van der Waals surface area contributed by atoms with E-state index in [2.05, 4.69) is 4.98 Å². The Morgan fingerprint density at radius 1 is 1.09 bits per heavy atom. The van der Waals surface area contributed by atoms with Crippen LogP contribution in [0.3, 0.4) is 0 Å². The summed E-state index contributed by atoms with van der Waals surface area (Å²) in [5, 5.41) is 11.6. The number of methoxy groups -OCH3 is 1. The maximum Gasteiger partial charge on any atom is 0.300 e. The summed E-state index contributed by atoms with van der Waals surface area (Å²) in [6, 6.07) is 14.6. The molecule has 1 amide bonds. The van der Waals surface area contributed by atoms with Gasteiger partial charge in [-0.3, -0.25) is 19.5 Å². The molecule has 1 N–H and O–H groups in total. The lowest BCUT2D eigenvalue weighted by molar-refractivity contribution is -0.132. The summed E-state index contributed by atoms with van der Waals surface area (Å²) in [7, 11) is 1.45. The molecule has 1 atom stereocenters. The zero-order valence-corrected chi connectivity index (χ0v) is 18.6. The molecule has 1 saturated heterocycles. The van der Waals surface area contributed by atoms with Gasteiger partial charge in [-0.2, -0.15) is 0 Å². The Balaban J connectivity index is 2.00. The number of hydrogen-bond acceptors (Lipinski definition) is 5. The van der Waals surface area contributed by atoms with Crippen molar-refractivity contribution < 1.29 is 19.4 Å². The van der Waals surface area contributed by atoms with Crippen LogP contribution in [0.2, 0.25) is 5.02 Å². The van der Waals surface area contributed by atoms with Crippen LogP contribution in [0.5, 0.6) is 5.75 Å². The monoisotopic (exact) mass is 448 g/mol. The number of ketones is 1. The first-order valence-corrected chi connectivity index (χ1v) is 10.3. The Morgan fingerprint density at radius 3 is 2.53 bits per heavy atom. The standard InChI is InChI=1S/C25H21ClN2O4/c1-14-7-9-19(15(2)12-14)28-22(18-6-4-5-11-27-18)21(24(30)25(28)31)23(29)17-13-16(26)8-10-20(17)32-3/h4-13,22,29H,1-3H3/b23-21+. The molecule has 1 fully saturated rings. The number of amides is 1. The fraction of sp³-hybridized carbons (Fsp3) is 0.160. The lowest BCUT2D eigenvalue weighted by Gasteiger charge is -2.26. The second-order valence-electron chi connectivity index (χ2n) is 7.56. The maximum absolute atomic E-state index is 13.2. The highest BCUT2D eigenvalue weighted by atomic mass is 35.5. The minimum atomic E-state index is -0.915. The number of ether oxygens (including phenoxy) is 1. The van der Waals surface area contributed by atoms with Crippen molar-refractivity contribution in [1.29, 1.82) is 0 Å². The van der Waals surface area contributed by atoms with Crippen LogP contribution in [0.1, 0.15) is 28.4 Å². The van der Waals surface area contributed by atoms with Gasteiger partial charge in [0.25, 0.3) is 11.7 Å². The molecule has 0 bridgehead atoms. The predicted octanol–water partition coefficient (Wildman–Crippen LogP) is 4.99. The van der Waals surface area contributed by atoms with Gasteiger partial charge in [0.15, 0.2) is 0 Å². The summed E-state index contributed by atoms with van der Waals surface area (Å²) in [5.74, 6) is -1.59. The molecule has 0 spiro atoms. The number of halogens is 1. The molecule has 2 heterocycles. The third kappa shape index (κ3) is 3.63. The van der Waals surface area contributed by atoms with E-state index in [1.165, 1.54) is 18.1 Å². The molecule has 3 aromatic rings. The van der Waals surface area contributed by atoms with Crippen molar-refractivity contribution in [2.75, 3.05) is 12.0 Å². The van der Waals surface area contributed by atoms with Gasteiger partial charge in [-0.05, 0) is 55.8 Å². The summed E-state index contributed by atoms with van der Waals surface area (Å²) >= 11 is 6.14. The molecule has 1 aliphatic heterocycles. The average molecular weight is 449 g/mol. The fourth-order valence-corrected chi connectivity index (χ4v) is 4.16. The highest BCUT2D eigenvalue weighted by Crippen LogP contribution is 2.43. The summed E-state index contributed by atoms with van der Waals surface area (Å²) in [5.41, 5.74) is 3.03. The first-order valence-electron chi connectivity index (χ1n) is 9.96. The van der Waals surface area contributed by atoms with E-state index < -0.39 is 17.7 Å². The number of benzene rings is 2. The van der Waals surface area contributed by atoms with Crippen molar-refractivity contribution in [3.63, 3.8) is 0 Å². The first kappa shape index (κ1) is 21.6. The lowest BCUT2D eigenvalue weighted by atomic mass is 9.97. The average Bonchev–Trinajstić information content (AvgIpc) is 3.04. The van der Waals surface area contributed by atoms with Crippen LogP contribution in [-0.4, -0.2) is 28.9 Å². The topological polar surface area (TPSA) is 79.7 Å². The zero-order chi connectivity index (χ0) is 23.0. The van der Waals surface area contributed by atoms with E-state index in [4.69, 9.17) is 16.3 Å². The molecule has 4 rings (SSSR count). The van der Waals surface area contributed by atoms with Gasteiger partial charge < -0.3 is 9.84 Å². The minimum absolute atomic E-state index is 0.0748. The molecule has 7 heteroatoms. The number of carbonyl (C=O) groups excluding carboxylic acids is 2. The van der Waals surface area contributed by atoms with Crippen molar-refractivity contribution >= 4 is 34.7 Å². The Bertz CT molecular complexity index is 1250. The third-order valence-corrected chi connectivity index (χ3v) is 5.68. The first-order chi connectivity index (χ1) is 15.3. The van der Waals surface area contributed by atoms with Gasteiger partial charge >= 0.3 is 0 Å². The number of pyridine rings is 1. The second kappa shape index (κ2) is 8.48. The largest absolute Gasteiger partial charge is 0.507 e. The smallest absolute Gasteiger partial charge is 0.300 e. The zero-order valence-electron chi connectivity index (χ0n) is 17.8. The SMILES string of the molecule is COc1ccc(Cl)cc1/C(O)=C1\C(=O)C(=O)N(c2ccc(C)cc2C)C1c1ccccn1. The Kier molecular flexibility index (Phi) is 5.72. The molecule has 32 heavy (non-hydrogen) atoms. The number of rotatable bonds is 4. The van der Waals surface area contributed by atoms with Crippen LogP contribution in [0.4, 0.5) is 5.69 Å². The van der Waals surface area contributed by atoms with E-state index in [9.17, 15) is 14.7 Å². The second-order valence-corrected chi connectivity index (χ2v) is 7.99. The van der Waals surface area contributed by atoms with E-state index in [0.717, 1.165) is 11.1 Å². The Hall–Kier alpha value is -3.64. The maximum atomic E-state index is 13.2. The number of aliphatic hydroxyl groups is 1. The van der Waals surface area contributed by atoms with Crippen molar-refractivity contribution in [3.05, 3.63) is 93.8 Å². The number of carbonyl (C=O) groups is 2. The molecule has 162 valence electrons. The third-order valence-electron chi connectivity index (χ3n) is 5.44. The van der Waals surface area contributed by atoms with Crippen molar-refractivity contribution in [2.45, 2.75) is 19.9 Å². The van der Waals surface area contributed by atoms with Crippen LogP contribution in [0.25, 0.3) is 5.76 Å². The van der Waals surface area contributed by atoms with E-state index in [1.807, 2.05) is 26.0 Å². The quantitative estimate of drug-likeness (QED) is 0.345.